The zero-order valence-corrected chi connectivity index (χ0v) is 28.2. The maximum absolute atomic E-state index is 9.95. The van der Waals surface area contributed by atoms with Gasteiger partial charge in [0.1, 0.15) is 0 Å². The smallest absolute Gasteiger partial charge is 0.160 e. The van der Waals surface area contributed by atoms with Gasteiger partial charge in [-0.15, -0.1) is 0 Å². The van der Waals surface area contributed by atoms with E-state index in [1.807, 2.05) is 48.5 Å². The molecule has 0 radical (unpaired) electrons. The van der Waals surface area contributed by atoms with Gasteiger partial charge < -0.3 is 0 Å². The summed E-state index contributed by atoms with van der Waals surface area (Å²) in [7, 11) is 0. The van der Waals surface area contributed by atoms with Crippen molar-refractivity contribution in [2.45, 2.75) is 0 Å². The summed E-state index contributed by atoms with van der Waals surface area (Å²) in [6.07, 6.45) is 0. The Balaban J connectivity index is 1.05. The average molecular weight is 662 g/mol. The Morgan fingerprint density at radius 2 is 0.750 bits per heavy atom. The van der Waals surface area contributed by atoms with Gasteiger partial charge in [-0.3, -0.25) is 0 Å². The van der Waals surface area contributed by atoms with E-state index >= 15 is 0 Å². The molecule has 0 atom stereocenters. The SMILES string of the molecule is N#Cc1cc(-c2ccc3ccccc3c2)cc(-c2ccc3ccc(-c4ccc(-c5nc(-c6ccccc6)cc(-c6ccccc6)n5)cc4)cc3c2)c1. The molecule has 0 bridgehead atoms. The first-order valence-corrected chi connectivity index (χ1v) is 17.4. The second-order valence-electron chi connectivity index (χ2n) is 13.0. The van der Waals surface area contributed by atoms with Crippen LogP contribution < -0.4 is 0 Å². The molecule has 0 spiro atoms. The van der Waals surface area contributed by atoms with Crippen LogP contribution in [0.4, 0.5) is 0 Å². The van der Waals surface area contributed by atoms with E-state index in [0.717, 1.165) is 72.2 Å². The number of aromatic nitrogens is 2. The van der Waals surface area contributed by atoms with Gasteiger partial charge in [-0.1, -0.05) is 146 Å². The number of benzene rings is 8. The summed E-state index contributed by atoms with van der Waals surface area (Å²) in [5, 5.41) is 14.6. The molecule has 1 heterocycles. The molecule has 0 aliphatic carbocycles. The summed E-state index contributed by atoms with van der Waals surface area (Å²) in [6.45, 7) is 0. The summed E-state index contributed by atoms with van der Waals surface area (Å²) >= 11 is 0. The Labute approximate surface area is 302 Å². The Morgan fingerprint density at radius 3 is 1.31 bits per heavy atom. The van der Waals surface area contributed by atoms with Crippen molar-refractivity contribution in [1.82, 2.24) is 9.97 Å². The topological polar surface area (TPSA) is 49.6 Å². The van der Waals surface area contributed by atoms with Crippen LogP contribution in [0.15, 0.2) is 188 Å². The van der Waals surface area contributed by atoms with Crippen LogP contribution in [0.2, 0.25) is 0 Å². The summed E-state index contributed by atoms with van der Waals surface area (Å²) in [5.74, 6) is 0.692. The van der Waals surface area contributed by atoms with Gasteiger partial charge in [-0.2, -0.15) is 5.26 Å². The van der Waals surface area contributed by atoms with Gasteiger partial charge in [-0.25, -0.2) is 9.97 Å². The van der Waals surface area contributed by atoms with Crippen molar-refractivity contribution in [3.8, 4) is 73.4 Å². The summed E-state index contributed by atoms with van der Waals surface area (Å²) in [6, 6.07) is 67.5. The van der Waals surface area contributed by atoms with E-state index in [1.165, 1.54) is 10.8 Å². The Hall–Kier alpha value is -7.15. The molecule has 3 heteroatoms. The second-order valence-corrected chi connectivity index (χ2v) is 13.0. The fraction of sp³-hybridized carbons (Fsp3) is 0. The zero-order chi connectivity index (χ0) is 34.9. The molecule has 3 nitrogen and oxygen atoms in total. The van der Waals surface area contributed by atoms with Gasteiger partial charge in [0.15, 0.2) is 5.82 Å². The molecule has 0 aliphatic rings. The molecular weight excluding hydrogens is 631 g/mol. The maximum Gasteiger partial charge on any atom is 0.160 e. The maximum atomic E-state index is 9.95. The minimum absolute atomic E-state index is 0.642. The van der Waals surface area contributed by atoms with Gasteiger partial charge in [0, 0.05) is 16.7 Å². The molecule has 52 heavy (non-hydrogen) atoms. The Bertz CT molecular complexity index is 2720. The fourth-order valence-electron chi connectivity index (χ4n) is 6.90. The number of nitrogens with zero attached hydrogens (tertiary/aromatic N) is 3. The normalized spacial score (nSPS) is 11.1. The van der Waals surface area contributed by atoms with Crippen LogP contribution in [0, 0.1) is 11.3 Å². The molecule has 0 saturated heterocycles. The molecule has 0 fully saturated rings. The number of nitriles is 1. The lowest BCUT2D eigenvalue weighted by Gasteiger charge is -2.11. The molecular formula is C49H31N3. The van der Waals surface area contributed by atoms with Crippen LogP contribution in [0.25, 0.3) is 88.8 Å². The monoisotopic (exact) mass is 661 g/mol. The van der Waals surface area contributed by atoms with Gasteiger partial charge in [-0.05, 0) is 97.4 Å². The van der Waals surface area contributed by atoms with Crippen molar-refractivity contribution < 1.29 is 0 Å². The number of rotatable bonds is 6. The van der Waals surface area contributed by atoms with E-state index in [4.69, 9.17) is 9.97 Å². The molecule has 1 aromatic heterocycles. The van der Waals surface area contributed by atoms with Gasteiger partial charge in [0.05, 0.1) is 23.0 Å². The first-order valence-electron chi connectivity index (χ1n) is 17.4. The summed E-state index contributed by atoms with van der Waals surface area (Å²) in [5.41, 5.74) is 12.0. The van der Waals surface area contributed by atoms with Crippen molar-refractivity contribution in [3.05, 3.63) is 194 Å². The van der Waals surface area contributed by atoms with E-state index in [-0.39, 0.29) is 0 Å². The minimum atomic E-state index is 0.642. The quantitative estimate of drug-likeness (QED) is 0.178. The highest BCUT2D eigenvalue weighted by Gasteiger charge is 2.12. The Morgan fingerprint density at radius 1 is 0.308 bits per heavy atom. The molecule has 0 aliphatic heterocycles. The zero-order valence-electron chi connectivity index (χ0n) is 28.2. The molecule has 0 unspecified atom stereocenters. The summed E-state index contributed by atoms with van der Waals surface area (Å²) < 4.78 is 0. The third-order valence-corrected chi connectivity index (χ3v) is 9.66. The van der Waals surface area contributed by atoms with Crippen molar-refractivity contribution >= 4 is 21.5 Å². The third kappa shape index (κ3) is 6.11. The first-order chi connectivity index (χ1) is 25.7. The lowest BCUT2D eigenvalue weighted by atomic mass is 9.93. The van der Waals surface area contributed by atoms with Crippen molar-refractivity contribution in [2.24, 2.45) is 0 Å². The van der Waals surface area contributed by atoms with Crippen molar-refractivity contribution in [2.75, 3.05) is 0 Å². The highest BCUT2D eigenvalue weighted by Crippen LogP contribution is 2.34. The molecule has 242 valence electrons. The van der Waals surface area contributed by atoms with Gasteiger partial charge >= 0.3 is 0 Å². The summed E-state index contributed by atoms with van der Waals surface area (Å²) in [4.78, 5) is 10.0. The lowest BCUT2D eigenvalue weighted by Crippen LogP contribution is -1.95. The molecule has 8 aromatic carbocycles. The standard InChI is InChI=1S/C49H31N3/c50-32-33-25-44(42-23-17-34-9-7-8-14-40(34)27-42)30-45(26-33)43-24-19-36-18-22-41(28-46(36)29-43)35-15-20-39(21-16-35)49-51-47(37-10-3-1-4-11-37)31-48(52-49)38-12-5-2-6-13-38/h1-31H. The fourth-order valence-corrected chi connectivity index (χ4v) is 6.90. The predicted octanol–water partition coefficient (Wildman–Crippen LogP) is 12.7. The van der Waals surface area contributed by atoms with Crippen LogP contribution in [-0.4, -0.2) is 9.97 Å². The van der Waals surface area contributed by atoms with E-state index in [9.17, 15) is 5.26 Å². The van der Waals surface area contributed by atoms with Gasteiger partial charge in [0.2, 0.25) is 0 Å². The molecule has 0 amide bonds. The molecule has 0 N–H and O–H groups in total. The molecule has 0 saturated carbocycles. The van der Waals surface area contributed by atoms with Crippen LogP contribution in [0.3, 0.4) is 0 Å². The van der Waals surface area contributed by atoms with Crippen LogP contribution in [0.5, 0.6) is 0 Å². The van der Waals surface area contributed by atoms with Crippen LogP contribution in [0.1, 0.15) is 5.56 Å². The highest BCUT2D eigenvalue weighted by atomic mass is 14.9. The molecule has 9 aromatic rings. The van der Waals surface area contributed by atoms with Crippen LogP contribution >= 0.6 is 0 Å². The predicted molar refractivity (Wildman–Crippen MR) is 214 cm³/mol. The molecule has 9 rings (SSSR count). The van der Waals surface area contributed by atoms with E-state index in [0.29, 0.717) is 11.4 Å². The second kappa shape index (κ2) is 13.3. The largest absolute Gasteiger partial charge is 0.228 e. The van der Waals surface area contributed by atoms with Crippen LogP contribution in [-0.2, 0) is 0 Å². The lowest BCUT2D eigenvalue weighted by molar-refractivity contribution is 1.18. The van der Waals surface area contributed by atoms with E-state index in [1.54, 1.807) is 0 Å². The van der Waals surface area contributed by atoms with Gasteiger partial charge in [0.25, 0.3) is 0 Å². The Kier molecular flexibility index (Phi) is 7.89. The first kappa shape index (κ1) is 30.9. The number of hydrogen-bond acceptors (Lipinski definition) is 3. The van der Waals surface area contributed by atoms with Crippen molar-refractivity contribution in [3.63, 3.8) is 0 Å². The van der Waals surface area contributed by atoms with E-state index < -0.39 is 0 Å². The third-order valence-electron chi connectivity index (χ3n) is 9.66. The number of fused-ring (bicyclic) bond motifs is 2. The van der Waals surface area contributed by atoms with Crippen molar-refractivity contribution in [1.29, 1.82) is 5.26 Å². The number of hydrogen-bond donors (Lipinski definition) is 0. The highest BCUT2D eigenvalue weighted by molar-refractivity contribution is 5.92. The van der Waals surface area contributed by atoms with E-state index in [2.05, 4.69) is 146 Å². The average Bonchev–Trinajstić information content (AvgIpc) is 3.23. The minimum Gasteiger partial charge on any atom is -0.228 e.